The highest BCUT2D eigenvalue weighted by Crippen LogP contribution is 2.23. The summed E-state index contributed by atoms with van der Waals surface area (Å²) in [5.74, 6) is 0.394. The van der Waals surface area contributed by atoms with Crippen molar-refractivity contribution in [1.82, 2.24) is 18.7 Å². The van der Waals surface area contributed by atoms with E-state index in [-0.39, 0.29) is 11.4 Å². The third kappa shape index (κ3) is 4.93. The number of carbonyl (C=O) groups is 1. The third-order valence-electron chi connectivity index (χ3n) is 5.39. The summed E-state index contributed by atoms with van der Waals surface area (Å²) in [5.41, 5.74) is 1.83. The summed E-state index contributed by atoms with van der Waals surface area (Å²) in [5, 5.41) is 3.49. The number of nitrogens with zero attached hydrogens (tertiary/aromatic N) is 4. The number of benzene rings is 2. The zero-order chi connectivity index (χ0) is 23.4. The normalized spacial score (nSPS) is 11.1. The van der Waals surface area contributed by atoms with Crippen molar-refractivity contribution in [1.29, 1.82) is 0 Å². The van der Waals surface area contributed by atoms with Gasteiger partial charge >= 0.3 is 5.69 Å². The summed E-state index contributed by atoms with van der Waals surface area (Å²) >= 11 is 1.40. The molecule has 4 aromatic rings. The number of aromatic nitrogens is 4. The van der Waals surface area contributed by atoms with E-state index in [1.54, 1.807) is 7.05 Å². The monoisotopic (exact) mass is 463 g/mol. The lowest BCUT2D eigenvalue weighted by atomic mass is 10.1. The molecule has 0 aliphatic rings. The van der Waals surface area contributed by atoms with Gasteiger partial charge < -0.3 is 9.88 Å². The maximum atomic E-state index is 12.7. The minimum Gasteiger partial charge on any atom is -0.326 e. The Kier molecular flexibility index (Phi) is 6.79. The van der Waals surface area contributed by atoms with E-state index in [9.17, 15) is 14.4 Å². The molecule has 0 spiro atoms. The first-order chi connectivity index (χ1) is 16.0. The van der Waals surface area contributed by atoms with Crippen LogP contribution in [0.3, 0.4) is 0 Å². The Morgan fingerprint density at radius 1 is 0.970 bits per heavy atom. The van der Waals surface area contributed by atoms with E-state index in [2.05, 4.69) is 10.3 Å². The smallest absolute Gasteiger partial charge is 0.326 e. The molecule has 1 N–H and O–H groups in total. The Bertz CT molecular complexity index is 1390. The number of fused-ring (bicyclic) bond motifs is 1. The number of thioether (sulfide) groups is 1. The van der Waals surface area contributed by atoms with Gasteiger partial charge in [0.15, 0.2) is 16.3 Å². The number of anilines is 1. The van der Waals surface area contributed by atoms with Crippen molar-refractivity contribution in [2.45, 2.75) is 24.5 Å². The van der Waals surface area contributed by atoms with Gasteiger partial charge in [-0.05, 0) is 24.1 Å². The second-order valence-electron chi connectivity index (χ2n) is 7.67. The Morgan fingerprint density at radius 3 is 2.33 bits per heavy atom. The van der Waals surface area contributed by atoms with Crippen molar-refractivity contribution in [3.63, 3.8) is 0 Å². The van der Waals surface area contributed by atoms with Gasteiger partial charge in [-0.1, -0.05) is 60.3 Å². The van der Waals surface area contributed by atoms with Crippen LogP contribution in [-0.4, -0.2) is 30.3 Å². The fourth-order valence-corrected chi connectivity index (χ4v) is 4.61. The topological polar surface area (TPSA) is 90.9 Å². The van der Waals surface area contributed by atoms with Crippen LogP contribution in [0.4, 0.5) is 5.69 Å². The maximum absolute atomic E-state index is 12.7. The van der Waals surface area contributed by atoms with Crippen LogP contribution >= 0.6 is 11.8 Å². The zero-order valence-corrected chi connectivity index (χ0v) is 19.3. The first-order valence-electron chi connectivity index (χ1n) is 10.6. The minimum absolute atomic E-state index is 0.0936. The summed E-state index contributed by atoms with van der Waals surface area (Å²) < 4.78 is 4.43. The lowest BCUT2D eigenvalue weighted by Crippen LogP contribution is -2.37. The predicted molar refractivity (Wildman–Crippen MR) is 131 cm³/mol. The molecule has 0 unspecified atom stereocenters. The van der Waals surface area contributed by atoms with Crippen molar-refractivity contribution in [3.05, 3.63) is 87.1 Å². The molecule has 0 radical (unpaired) electrons. The molecule has 0 atom stereocenters. The Morgan fingerprint density at radius 2 is 1.64 bits per heavy atom. The van der Waals surface area contributed by atoms with E-state index in [0.717, 1.165) is 22.2 Å². The maximum Gasteiger partial charge on any atom is 0.332 e. The molecule has 2 heterocycles. The lowest BCUT2D eigenvalue weighted by molar-refractivity contribution is -0.115. The van der Waals surface area contributed by atoms with Gasteiger partial charge in [-0.2, -0.15) is 0 Å². The predicted octanol–water partition coefficient (Wildman–Crippen LogP) is 2.80. The largest absolute Gasteiger partial charge is 0.332 e. The molecule has 2 aromatic heterocycles. The number of carbonyl (C=O) groups excluding carboxylic acids is 1. The van der Waals surface area contributed by atoms with Crippen molar-refractivity contribution in [2.24, 2.45) is 14.1 Å². The van der Waals surface area contributed by atoms with E-state index in [0.29, 0.717) is 29.5 Å². The fourth-order valence-electron chi connectivity index (χ4n) is 3.65. The lowest BCUT2D eigenvalue weighted by Gasteiger charge is -2.11. The average Bonchev–Trinajstić information content (AvgIpc) is 3.20. The van der Waals surface area contributed by atoms with Crippen LogP contribution in [0.25, 0.3) is 11.2 Å². The third-order valence-corrected chi connectivity index (χ3v) is 6.37. The van der Waals surface area contributed by atoms with Gasteiger partial charge in [-0.15, -0.1) is 0 Å². The van der Waals surface area contributed by atoms with E-state index in [4.69, 9.17) is 0 Å². The summed E-state index contributed by atoms with van der Waals surface area (Å²) in [6.07, 6.45) is 1.01. The molecule has 170 valence electrons. The summed E-state index contributed by atoms with van der Waals surface area (Å²) in [7, 11) is 3.10. The second kappa shape index (κ2) is 9.91. The van der Waals surface area contributed by atoms with Gasteiger partial charge in [-0.25, -0.2) is 9.78 Å². The van der Waals surface area contributed by atoms with Crippen LogP contribution in [-0.2, 0) is 31.9 Å². The highest BCUT2D eigenvalue weighted by Gasteiger charge is 2.19. The average molecular weight is 464 g/mol. The molecule has 0 bridgehead atoms. The van der Waals surface area contributed by atoms with Crippen LogP contribution in [0.15, 0.2) is 75.4 Å². The quantitative estimate of drug-likeness (QED) is 0.406. The van der Waals surface area contributed by atoms with Crippen LogP contribution in [0.5, 0.6) is 0 Å². The highest BCUT2D eigenvalue weighted by molar-refractivity contribution is 7.99. The van der Waals surface area contributed by atoms with Gasteiger partial charge in [0.25, 0.3) is 5.56 Å². The number of aryl methyl sites for hydroxylation is 3. The molecular formula is C24H25N5O3S. The van der Waals surface area contributed by atoms with E-state index in [1.807, 2.05) is 65.2 Å². The molecule has 1 amide bonds. The SMILES string of the molecule is Cn1c(=O)c2nc(SCCC(=O)Nc3ccccc3)n(CCc3ccccc3)c2n(C)c1=O. The number of para-hydroxylation sites is 1. The summed E-state index contributed by atoms with van der Waals surface area (Å²) in [6, 6.07) is 19.3. The van der Waals surface area contributed by atoms with Crippen LogP contribution in [0, 0.1) is 0 Å². The van der Waals surface area contributed by atoms with E-state index < -0.39 is 11.2 Å². The van der Waals surface area contributed by atoms with Gasteiger partial charge in [0.05, 0.1) is 0 Å². The summed E-state index contributed by atoms with van der Waals surface area (Å²) in [4.78, 5) is 42.2. The molecule has 33 heavy (non-hydrogen) atoms. The van der Waals surface area contributed by atoms with Gasteiger partial charge in [0.2, 0.25) is 5.91 Å². The Hall–Kier alpha value is -3.59. The molecule has 0 aliphatic carbocycles. The van der Waals surface area contributed by atoms with Gasteiger partial charge in [0, 0.05) is 38.5 Å². The fraction of sp³-hybridized carbons (Fsp3) is 0.250. The van der Waals surface area contributed by atoms with Crippen molar-refractivity contribution in [2.75, 3.05) is 11.1 Å². The number of imidazole rings is 1. The number of amides is 1. The number of hydrogen-bond acceptors (Lipinski definition) is 5. The molecule has 9 heteroatoms. The Labute approximate surface area is 194 Å². The first kappa shape index (κ1) is 22.6. The molecule has 8 nitrogen and oxygen atoms in total. The van der Waals surface area contributed by atoms with Crippen molar-refractivity contribution in [3.8, 4) is 0 Å². The molecule has 0 fully saturated rings. The summed E-state index contributed by atoms with van der Waals surface area (Å²) in [6.45, 7) is 0.555. The molecule has 0 aliphatic heterocycles. The molecule has 0 saturated carbocycles. The standard InChI is InChI=1S/C24H25N5O3S/c1-27-21-20(22(31)28(2)24(27)32)26-23(29(21)15-13-17-9-5-3-6-10-17)33-16-14-19(30)25-18-11-7-4-8-12-18/h3-12H,13-16H2,1-2H3,(H,25,30). The zero-order valence-electron chi connectivity index (χ0n) is 18.5. The van der Waals surface area contributed by atoms with Crippen molar-refractivity contribution < 1.29 is 4.79 Å². The van der Waals surface area contributed by atoms with E-state index in [1.165, 1.54) is 23.4 Å². The highest BCUT2D eigenvalue weighted by atomic mass is 32.2. The van der Waals surface area contributed by atoms with E-state index >= 15 is 0 Å². The number of hydrogen-bond donors (Lipinski definition) is 1. The molecule has 2 aromatic carbocycles. The molecule has 0 saturated heterocycles. The van der Waals surface area contributed by atoms with Gasteiger partial charge in [0.1, 0.15) is 0 Å². The number of nitrogens with one attached hydrogen (secondary N) is 1. The van der Waals surface area contributed by atoms with Crippen molar-refractivity contribution >= 4 is 34.5 Å². The van der Waals surface area contributed by atoms with Crippen LogP contribution in [0.2, 0.25) is 0 Å². The second-order valence-corrected chi connectivity index (χ2v) is 8.73. The molecular weight excluding hydrogens is 438 g/mol. The molecule has 4 rings (SSSR count). The first-order valence-corrected chi connectivity index (χ1v) is 11.6. The van der Waals surface area contributed by atoms with Crippen LogP contribution < -0.4 is 16.6 Å². The minimum atomic E-state index is -0.421. The number of rotatable bonds is 8. The Balaban J connectivity index is 1.58. The van der Waals surface area contributed by atoms with Gasteiger partial charge in [-0.3, -0.25) is 18.7 Å². The van der Waals surface area contributed by atoms with Crippen LogP contribution in [0.1, 0.15) is 12.0 Å².